The molecule has 45 heavy (non-hydrogen) atoms. The summed E-state index contributed by atoms with van der Waals surface area (Å²) >= 11 is 6.81. The molecule has 13 heteroatoms. The van der Waals surface area contributed by atoms with Gasteiger partial charge in [-0.15, -0.1) is 11.6 Å². The number of alkyl carbamates (subject to hydrolysis) is 1. The van der Waals surface area contributed by atoms with Crippen molar-refractivity contribution < 1.29 is 43.2 Å². The molecule has 0 saturated carbocycles. The minimum absolute atomic E-state index is 0.000563. The minimum atomic E-state index is -1.77. The number of hydrogen-bond acceptors (Lipinski definition) is 10. The van der Waals surface area contributed by atoms with Gasteiger partial charge in [-0.2, -0.15) is 0 Å². The molecule has 3 aliphatic heterocycles. The molecule has 10 atom stereocenters. The lowest BCUT2D eigenvalue weighted by atomic mass is 9.83. The van der Waals surface area contributed by atoms with Crippen molar-refractivity contribution in [3.8, 4) is 0 Å². The monoisotopic (exact) mass is 651 g/mol. The normalized spacial score (nSPS) is 39.9. The smallest absolute Gasteiger partial charge is 0.409 e. The number of alkyl halides is 1. The number of epoxide rings is 1. The van der Waals surface area contributed by atoms with Gasteiger partial charge in [0.2, 0.25) is 5.91 Å². The second kappa shape index (κ2) is 13.8. The molecule has 4 rings (SSSR count). The first-order valence-electron chi connectivity index (χ1n) is 15.2. The van der Waals surface area contributed by atoms with Crippen molar-refractivity contribution in [1.29, 1.82) is 0 Å². The van der Waals surface area contributed by atoms with Gasteiger partial charge in [-0.05, 0) is 45.9 Å². The van der Waals surface area contributed by atoms with Crippen molar-refractivity contribution in [3.05, 3.63) is 47.3 Å². The Hall–Kier alpha value is -2.90. The van der Waals surface area contributed by atoms with E-state index in [1.807, 2.05) is 32.1 Å². The van der Waals surface area contributed by atoms with E-state index in [-0.39, 0.29) is 18.7 Å². The number of hydrogen-bond donors (Lipinski definition) is 3. The summed E-state index contributed by atoms with van der Waals surface area (Å²) in [6.45, 7) is 7.21. The van der Waals surface area contributed by atoms with E-state index in [1.54, 1.807) is 45.0 Å². The Morgan fingerprint density at radius 2 is 2.02 bits per heavy atom. The van der Waals surface area contributed by atoms with Gasteiger partial charge in [0.25, 0.3) is 0 Å². The lowest BCUT2D eigenvalue weighted by Gasteiger charge is -2.42. The fraction of sp³-hybridized carbons (Fsp3) is 0.656. The lowest BCUT2D eigenvalue weighted by molar-refractivity contribution is -0.157. The Kier molecular flexibility index (Phi) is 10.8. The fourth-order valence-electron chi connectivity index (χ4n) is 6.24. The summed E-state index contributed by atoms with van der Waals surface area (Å²) in [7, 11) is 6.28. The summed E-state index contributed by atoms with van der Waals surface area (Å²) in [4.78, 5) is 41.1. The molecule has 0 aromatic carbocycles. The van der Waals surface area contributed by atoms with Crippen molar-refractivity contribution >= 4 is 29.6 Å². The van der Waals surface area contributed by atoms with Crippen LogP contribution in [0.15, 0.2) is 47.3 Å². The molecule has 2 amide bonds. The van der Waals surface area contributed by atoms with Gasteiger partial charge in [0, 0.05) is 26.5 Å². The highest BCUT2D eigenvalue weighted by atomic mass is 35.5. The largest absolute Gasteiger partial charge is 0.499 e. The third-order valence-electron chi connectivity index (χ3n) is 9.32. The summed E-state index contributed by atoms with van der Waals surface area (Å²) in [6, 6.07) is -1.17. The quantitative estimate of drug-likeness (QED) is 0.230. The average Bonchev–Trinajstić information content (AvgIpc) is 3.69. The molecule has 12 nitrogen and oxygen atoms in total. The third kappa shape index (κ3) is 7.41. The zero-order valence-corrected chi connectivity index (χ0v) is 27.9. The number of nitrogens with zero attached hydrogens (tertiary/aromatic N) is 1. The molecule has 0 aromatic heterocycles. The molecule has 2 fully saturated rings. The van der Waals surface area contributed by atoms with Crippen LogP contribution in [0.25, 0.3) is 0 Å². The number of likely N-dealkylation sites (N-methyl/N-ethyl adjacent to an activating group) is 2. The molecular formula is C32H46ClN3O9. The van der Waals surface area contributed by atoms with Crippen LogP contribution in [-0.4, -0.2) is 109 Å². The first-order chi connectivity index (χ1) is 21.2. The van der Waals surface area contributed by atoms with Crippen LogP contribution in [-0.2, 0) is 33.3 Å². The number of nitrogens with one attached hydrogen (secondary N) is 2. The van der Waals surface area contributed by atoms with Crippen LogP contribution >= 0.6 is 11.6 Å². The van der Waals surface area contributed by atoms with Crippen LogP contribution < -0.4 is 10.6 Å². The van der Waals surface area contributed by atoms with Gasteiger partial charge in [0.15, 0.2) is 5.72 Å². The molecule has 0 radical (unpaired) electrons. The highest BCUT2D eigenvalue weighted by Gasteiger charge is 2.64. The van der Waals surface area contributed by atoms with Gasteiger partial charge < -0.3 is 39.0 Å². The Balaban J connectivity index is 1.76. The molecule has 250 valence electrons. The molecule has 10 unspecified atom stereocenters. The predicted octanol–water partition coefficient (Wildman–Crippen LogP) is 2.70. The zero-order valence-electron chi connectivity index (χ0n) is 27.2. The van der Waals surface area contributed by atoms with Crippen molar-refractivity contribution in [2.24, 2.45) is 5.92 Å². The van der Waals surface area contributed by atoms with E-state index < -0.39 is 71.2 Å². The minimum Gasteiger partial charge on any atom is -0.499 e. The molecule has 3 N–H and O–H groups in total. The first-order valence-corrected chi connectivity index (χ1v) is 15.6. The van der Waals surface area contributed by atoms with Crippen LogP contribution in [0.2, 0.25) is 0 Å². The number of carbonyl (C=O) groups is 3. The number of esters is 1. The Bertz CT molecular complexity index is 1280. The Labute approximate surface area is 269 Å². The molecule has 1 aliphatic carbocycles. The van der Waals surface area contributed by atoms with Gasteiger partial charge in [0.1, 0.15) is 41.1 Å². The van der Waals surface area contributed by atoms with E-state index in [0.29, 0.717) is 12.2 Å². The highest BCUT2D eigenvalue weighted by Crippen LogP contribution is 2.49. The number of allylic oxidation sites excluding steroid dienone is 5. The average molecular weight is 652 g/mol. The molecule has 3 heterocycles. The van der Waals surface area contributed by atoms with Crippen molar-refractivity contribution in [1.82, 2.24) is 15.5 Å². The van der Waals surface area contributed by atoms with Crippen LogP contribution in [0.1, 0.15) is 47.0 Å². The predicted molar refractivity (Wildman–Crippen MR) is 166 cm³/mol. The molecule has 4 aliphatic rings. The molecule has 2 saturated heterocycles. The number of fused-ring (bicyclic) bond motifs is 4. The summed E-state index contributed by atoms with van der Waals surface area (Å²) in [5, 5.41) is 16.4. The van der Waals surface area contributed by atoms with E-state index in [9.17, 15) is 19.5 Å². The number of ether oxygens (including phenoxy) is 5. The topological polar surface area (TPSA) is 148 Å². The van der Waals surface area contributed by atoms with Crippen LogP contribution in [0.5, 0.6) is 0 Å². The van der Waals surface area contributed by atoms with Crippen molar-refractivity contribution in [3.63, 3.8) is 0 Å². The standard InChI is InChI=1S/C32H46ClN3O9/c1-17-10-9-11-24(42-8)32(40)16-23(43-30(39)35-32)18(2)28-31(4,45-28)25(44-29(38)19(3)34-5)15-26(37)36(6)21-13-20(12-17)14-22(41-7)27(21)33/h9-11,13-14,18-19,21,23-25,27-28,34,40H,12,15-16H2,1-8H3,(H,35,39)/b11-9+,17-10+. The van der Waals surface area contributed by atoms with E-state index in [4.69, 9.17) is 35.3 Å². The van der Waals surface area contributed by atoms with Gasteiger partial charge in [-0.25, -0.2) is 4.79 Å². The molecule has 4 bridgehead atoms. The summed E-state index contributed by atoms with van der Waals surface area (Å²) < 4.78 is 28.9. The number of rotatable bonds is 5. The summed E-state index contributed by atoms with van der Waals surface area (Å²) in [6.07, 6.45) is 5.49. The maximum absolute atomic E-state index is 13.9. The number of methoxy groups -OCH3 is 2. The van der Waals surface area contributed by atoms with Crippen LogP contribution in [0.4, 0.5) is 4.79 Å². The Morgan fingerprint density at radius 3 is 2.67 bits per heavy atom. The van der Waals surface area contributed by atoms with Crippen molar-refractivity contribution in [2.45, 2.75) is 100 Å². The molecular weight excluding hydrogens is 606 g/mol. The SMILES string of the molecule is CNC(C)C(=O)OC1CC(=O)N(C)C2C=C(C=C(OC)C2Cl)C/C(C)=C/C=C/C(OC)C2(O)CC(OC(=O)N2)C(C)C2OC12C. The molecule has 0 spiro atoms. The van der Waals surface area contributed by atoms with Crippen LogP contribution in [0, 0.1) is 5.92 Å². The second-order valence-corrected chi connectivity index (χ2v) is 13.0. The van der Waals surface area contributed by atoms with Gasteiger partial charge in [-0.3, -0.25) is 14.9 Å². The van der Waals surface area contributed by atoms with E-state index in [0.717, 1.165) is 11.1 Å². The number of halogens is 1. The van der Waals surface area contributed by atoms with Gasteiger partial charge in [-0.1, -0.05) is 36.8 Å². The third-order valence-corrected chi connectivity index (χ3v) is 9.79. The van der Waals surface area contributed by atoms with E-state index >= 15 is 0 Å². The summed E-state index contributed by atoms with van der Waals surface area (Å²) in [5.74, 6) is -0.774. The van der Waals surface area contributed by atoms with E-state index in [1.165, 1.54) is 14.2 Å². The van der Waals surface area contributed by atoms with Gasteiger partial charge in [0.05, 0.1) is 25.7 Å². The molecule has 0 aromatic rings. The summed E-state index contributed by atoms with van der Waals surface area (Å²) in [5.41, 5.74) is -0.979. The van der Waals surface area contributed by atoms with Crippen molar-refractivity contribution in [2.75, 3.05) is 28.3 Å². The maximum atomic E-state index is 13.9. The van der Waals surface area contributed by atoms with Crippen LogP contribution in [0.3, 0.4) is 0 Å². The number of carbonyl (C=O) groups excluding carboxylic acids is 3. The second-order valence-electron chi connectivity index (χ2n) is 12.5. The number of aliphatic hydroxyl groups is 1. The lowest BCUT2D eigenvalue weighted by Crippen LogP contribution is -2.63. The van der Waals surface area contributed by atoms with E-state index in [2.05, 4.69) is 10.6 Å². The zero-order chi connectivity index (χ0) is 33.3. The fourth-order valence-corrected chi connectivity index (χ4v) is 6.64. The number of amides is 2. The highest BCUT2D eigenvalue weighted by molar-refractivity contribution is 6.23. The Morgan fingerprint density at radius 1 is 1.31 bits per heavy atom. The first kappa shape index (κ1) is 35.0. The van der Waals surface area contributed by atoms with Gasteiger partial charge >= 0.3 is 12.1 Å². The maximum Gasteiger partial charge on any atom is 0.409 e.